The molecule has 0 amide bonds. The van der Waals surface area contributed by atoms with Crippen molar-refractivity contribution in [3.8, 4) is 77.9 Å². The maximum absolute atomic E-state index is 14.5. The molecular weight excluding hydrogens is 1050 g/mol. The van der Waals surface area contributed by atoms with Gasteiger partial charge in [0, 0.05) is 35.0 Å². The van der Waals surface area contributed by atoms with E-state index in [1.54, 1.807) is 0 Å². The Balaban J connectivity index is 0.751. The van der Waals surface area contributed by atoms with Crippen molar-refractivity contribution in [1.29, 1.82) is 0 Å². The van der Waals surface area contributed by atoms with E-state index in [9.17, 15) is 4.79 Å². The molecule has 1 unspecified atom stereocenters. The van der Waals surface area contributed by atoms with Crippen molar-refractivity contribution in [2.45, 2.75) is 25.7 Å². The molecule has 0 fully saturated rings. The molecule has 0 heterocycles. The number of aryl methyl sites for hydroxylation is 1. The standard InChI is InChI=1S/C85H63NO/c1-59-54-73(70-44-51-79(52-45-70)86(77-47-40-67(41-48-77)63-20-10-4-11-21-63)78-49-42-68(43-50-78)64-22-12-5-13-23-64)46-53-80(59)76-56-75-39-38-74(57-84(75)81-24-14-15-25-82(81)85(87)58-76)69-32-36-72(37-33-69)83(71-34-30-66(31-35-71)62-18-8-3-9-19-62)55-60-26-28-65(29-27-60)61-16-6-2-7-17-61/h2-54,56-57,83H,55,58H2,1H3. The fraction of sp³-hybridized carbons (Fsp3) is 0.0471. The van der Waals surface area contributed by atoms with Crippen LogP contribution in [0.4, 0.5) is 17.1 Å². The third kappa shape index (κ3) is 11.6. The summed E-state index contributed by atoms with van der Waals surface area (Å²) in [5, 5.41) is 0. The first kappa shape index (κ1) is 54.0. The second kappa shape index (κ2) is 24.3. The molecule has 13 aromatic rings. The van der Waals surface area contributed by atoms with Crippen molar-refractivity contribution in [2.24, 2.45) is 0 Å². The molecule has 0 radical (unpaired) electrons. The number of hydrogen-bond donors (Lipinski definition) is 0. The summed E-state index contributed by atoms with van der Waals surface area (Å²) in [6.45, 7) is 2.17. The highest BCUT2D eigenvalue weighted by Crippen LogP contribution is 2.42. The van der Waals surface area contributed by atoms with Gasteiger partial charge in [-0.25, -0.2) is 0 Å². The highest BCUT2D eigenvalue weighted by atomic mass is 16.1. The fourth-order valence-corrected chi connectivity index (χ4v) is 12.6. The summed E-state index contributed by atoms with van der Waals surface area (Å²) in [6, 6.07) is 118. The van der Waals surface area contributed by atoms with Gasteiger partial charge < -0.3 is 4.90 Å². The van der Waals surface area contributed by atoms with Crippen LogP contribution in [0.25, 0.3) is 89.5 Å². The van der Waals surface area contributed by atoms with E-state index < -0.39 is 0 Å². The molecule has 0 aliphatic heterocycles. The molecule has 0 bridgehead atoms. The number of fused-ring (bicyclic) bond motifs is 3. The molecule has 1 atom stereocenters. The smallest absolute Gasteiger partial charge is 0.167 e. The third-order valence-electron chi connectivity index (χ3n) is 17.3. The van der Waals surface area contributed by atoms with Gasteiger partial charge in [-0.2, -0.15) is 0 Å². The predicted octanol–water partition coefficient (Wildman–Crippen LogP) is 22.6. The van der Waals surface area contributed by atoms with E-state index in [4.69, 9.17) is 0 Å². The second-order valence-electron chi connectivity index (χ2n) is 22.8. The number of ketones is 1. The van der Waals surface area contributed by atoms with Crippen LogP contribution in [0.5, 0.6) is 0 Å². The van der Waals surface area contributed by atoms with E-state index in [1.165, 1.54) is 61.2 Å². The number of benzene rings is 13. The summed E-state index contributed by atoms with van der Waals surface area (Å²) >= 11 is 0. The molecule has 0 saturated carbocycles. The van der Waals surface area contributed by atoms with Crippen molar-refractivity contribution in [1.82, 2.24) is 0 Å². The lowest BCUT2D eigenvalue weighted by Gasteiger charge is -2.26. The summed E-state index contributed by atoms with van der Waals surface area (Å²) in [4.78, 5) is 16.9. The topological polar surface area (TPSA) is 20.3 Å². The summed E-state index contributed by atoms with van der Waals surface area (Å²) in [6.07, 6.45) is 3.42. The summed E-state index contributed by atoms with van der Waals surface area (Å²) in [7, 11) is 0. The summed E-state index contributed by atoms with van der Waals surface area (Å²) in [5.41, 5.74) is 28.2. The van der Waals surface area contributed by atoms with Crippen molar-refractivity contribution in [3.05, 3.63) is 367 Å². The number of Topliss-reactive ketones (excluding diaryl/α,β-unsaturated/α-hetero) is 1. The van der Waals surface area contributed by atoms with Crippen molar-refractivity contribution >= 4 is 34.5 Å². The lowest BCUT2D eigenvalue weighted by molar-refractivity contribution is 0.0999. The van der Waals surface area contributed by atoms with Crippen LogP contribution in [0.15, 0.2) is 328 Å². The fourth-order valence-electron chi connectivity index (χ4n) is 12.6. The Morgan fingerprint density at radius 1 is 0.310 bits per heavy atom. The van der Waals surface area contributed by atoms with Crippen LogP contribution in [-0.4, -0.2) is 5.78 Å². The quantitative estimate of drug-likeness (QED) is 0.108. The summed E-state index contributed by atoms with van der Waals surface area (Å²) in [5.74, 6) is 0.255. The van der Waals surface area contributed by atoms with Crippen LogP contribution in [0.3, 0.4) is 0 Å². The van der Waals surface area contributed by atoms with Crippen molar-refractivity contribution in [2.75, 3.05) is 4.90 Å². The number of carbonyl (C=O) groups is 1. The molecule has 1 aliphatic rings. The first-order chi connectivity index (χ1) is 42.9. The minimum Gasteiger partial charge on any atom is -0.311 e. The first-order valence-electron chi connectivity index (χ1n) is 30.1. The van der Waals surface area contributed by atoms with E-state index in [1.807, 2.05) is 18.2 Å². The molecule has 414 valence electrons. The van der Waals surface area contributed by atoms with Crippen LogP contribution < -0.4 is 4.90 Å². The Hall–Kier alpha value is -10.9. The largest absolute Gasteiger partial charge is 0.311 e. The van der Waals surface area contributed by atoms with E-state index in [0.29, 0.717) is 6.42 Å². The predicted molar refractivity (Wildman–Crippen MR) is 366 cm³/mol. The van der Waals surface area contributed by atoms with Crippen LogP contribution in [0.2, 0.25) is 0 Å². The molecule has 0 spiro atoms. The summed E-state index contributed by atoms with van der Waals surface area (Å²) < 4.78 is 0. The third-order valence-corrected chi connectivity index (χ3v) is 17.3. The molecule has 2 nitrogen and oxygen atoms in total. The van der Waals surface area contributed by atoms with Crippen molar-refractivity contribution in [3.63, 3.8) is 0 Å². The molecule has 0 saturated heterocycles. The van der Waals surface area contributed by atoms with Gasteiger partial charge in [0.15, 0.2) is 5.78 Å². The average Bonchev–Trinajstić information content (AvgIpc) is 3.17. The van der Waals surface area contributed by atoms with Gasteiger partial charge >= 0.3 is 0 Å². The number of hydrogen-bond acceptors (Lipinski definition) is 2. The van der Waals surface area contributed by atoms with Crippen LogP contribution >= 0.6 is 0 Å². The Morgan fingerprint density at radius 2 is 0.655 bits per heavy atom. The Bertz CT molecular complexity index is 4470. The van der Waals surface area contributed by atoms with Crippen LogP contribution in [0.1, 0.15) is 56.1 Å². The second-order valence-corrected chi connectivity index (χ2v) is 22.8. The van der Waals surface area contributed by atoms with Crippen LogP contribution in [0, 0.1) is 6.92 Å². The molecule has 14 rings (SSSR count). The Kier molecular flexibility index (Phi) is 15.1. The van der Waals surface area contributed by atoms with E-state index >= 15 is 0 Å². The minimum absolute atomic E-state index is 0.114. The molecule has 1 aliphatic carbocycles. The van der Waals surface area contributed by atoms with Crippen LogP contribution in [-0.2, 0) is 6.42 Å². The molecular formula is C85H63NO. The molecule has 2 heteroatoms. The number of nitrogens with zero attached hydrogens (tertiary/aromatic N) is 1. The zero-order chi connectivity index (χ0) is 58.5. The first-order valence-corrected chi connectivity index (χ1v) is 30.1. The van der Waals surface area contributed by atoms with Gasteiger partial charge in [-0.3, -0.25) is 4.79 Å². The van der Waals surface area contributed by atoms with Gasteiger partial charge in [0.1, 0.15) is 0 Å². The van der Waals surface area contributed by atoms with Gasteiger partial charge in [0.05, 0.1) is 0 Å². The molecule has 0 N–H and O–H groups in total. The van der Waals surface area contributed by atoms with Gasteiger partial charge in [-0.15, -0.1) is 0 Å². The Morgan fingerprint density at radius 3 is 1.09 bits per heavy atom. The number of anilines is 3. The molecule has 87 heavy (non-hydrogen) atoms. The average molecular weight is 1110 g/mol. The maximum Gasteiger partial charge on any atom is 0.167 e. The number of allylic oxidation sites excluding steroid dienone is 1. The normalized spacial score (nSPS) is 12.2. The molecule has 13 aromatic carbocycles. The maximum atomic E-state index is 14.5. The molecule has 0 aromatic heterocycles. The van der Waals surface area contributed by atoms with E-state index in [-0.39, 0.29) is 11.7 Å². The Labute approximate surface area is 511 Å². The number of rotatable bonds is 14. The minimum atomic E-state index is 0.114. The van der Waals surface area contributed by atoms with Crippen molar-refractivity contribution < 1.29 is 4.79 Å². The van der Waals surface area contributed by atoms with E-state index in [2.05, 4.69) is 327 Å². The highest BCUT2D eigenvalue weighted by molar-refractivity contribution is 6.11. The zero-order valence-corrected chi connectivity index (χ0v) is 48.6. The van der Waals surface area contributed by atoms with Gasteiger partial charge in [-0.05, 0) is 173 Å². The SMILES string of the molecule is Cc1cc(-c2ccc(N(c3ccc(-c4ccccc4)cc3)c3ccc(-c4ccccc4)cc3)cc2)ccc1C1=Cc2ccc(-c3ccc(C(Cc4ccc(-c5ccccc5)cc4)c4ccc(-c5ccccc5)cc4)cc3)cc2-c2ccccc2C(=O)C1. The zero-order valence-electron chi connectivity index (χ0n) is 48.6. The lowest BCUT2D eigenvalue weighted by Crippen LogP contribution is -2.09. The van der Waals surface area contributed by atoms with Gasteiger partial charge in [0.2, 0.25) is 0 Å². The van der Waals surface area contributed by atoms with Gasteiger partial charge in [-0.1, -0.05) is 291 Å². The lowest BCUT2D eigenvalue weighted by atomic mass is 9.83. The van der Waals surface area contributed by atoms with Gasteiger partial charge in [0.25, 0.3) is 0 Å². The highest BCUT2D eigenvalue weighted by Gasteiger charge is 2.23. The number of carbonyl (C=O) groups excluding carboxylic acids is 1. The monoisotopic (exact) mass is 1110 g/mol. The van der Waals surface area contributed by atoms with E-state index in [0.717, 1.165) is 84.7 Å².